The monoisotopic (exact) mass is 329 g/mol. The van der Waals surface area contributed by atoms with Gasteiger partial charge < -0.3 is 5.73 Å². The molecule has 2 N–H and O–H groups in total. The number of nitrogen functional groups attached to an aromatic ring is 1. The molecule has 0 radical (unpaired) electrons. The van der Waals surface area contributed by atoms with Crippen LogP contribution >= 0.6 is 11.3 Å². The molecule has 1 aromatic heterocycles. The van der Waals surface area contributed by atoms with Crippen LogP contribution < -0.4 is 5.73 Å². The largest absolute Gasteiger partial charge is 0.398 e. The first-order valence-corrected chi connectivity index (χ1v) is 8.46. The Morgan fingerprint density at radius 3 is 2.62 bits per heavy atom. The van der Waals surface area contributed by atoms with Gasteiger partial charge in [0.05, 0.1) is 11.2 Å². The van der Waals surface area contributed by atoms with Gasteiger partial charge in [-0.3, -0.25) is 0 Å². The van der Waals surface area contributed by atoms with E-state index in [1.807, 2.05) is 0 Å². The van der Waals surface area contributed by atoms with Crippen molar-refractivity contribution in [3.05, 3.63) is 39.6 Å². The molecule has 0 saturated carbocycles. The van der Waals surface area contributed by atoms with E-state index in [1.54, 1.807) is 19.4 Å². The van der Waals surface area contributed by atoms with Crippen LogP contribution in [0.25, 0.3) is 0 Å². The average molecular weight is 329 g/mol. The van der Waals surface area contributed by atoms with Crippen molar-refractivity contribution < 1.29 is 12.8 Å². The Hall–Kier alpha value is -1.51. The molecular formula is C13H16FN3O2S2. The summed E-state index contributed by atoms with van der Waals surface area (Å²) in [5, 5.41) is 0. The number of benzene rings is 1. The van der Waals surface area contributed by atoms with Crippen LogP contribution in [0.1, 0.15) is 16.1 Å². The summed E-state index contributed by atoms with van der Waals surface area (Å²) in [6.07, 6.45) is 0. The van der Waals surface area contributed by atoms with E-state index in [4.69, 9.17) is 5.73 Å². The van der Waals surface area contributed by atoms with Crippen LogP contribution in [0.5, 0.6) is 0 Å². The van der Waals surface area contributed by atoms with Crippen LogP contribution in [0.15, 0.2) is 22.5 Å². The number of aromatic nitrogens is 1. The first-order valence-electron chi connectivity index (χ1n) is 6.14. The molecule has 21 heavy (non-hydrogen) atoms. The van der Waals surface area contributed by atoms with Crippen molar-refractivity contribution in [1.29, 1.82) is 0 Å². The minimum atomic E-state index is -3.94. The fraction of sp³-hybridized carbons (Fsp3) is 0.308. The summed E-state index contributed by atoms with van der Waals surface area (Å²) in [5.74, 6) is -0.797. The number of aryl methyl sites for hydroxylation is 2. The van der Waals surface area contributed by atoms with Crippen LogP contribution in [-0.4, -0.2) is 24.8 Å². The van der Waals surface area contributed by atoms with Crippen molar-refractivity contribution >= 4 is 27.0 Å². The highest BCUT2D eigenvalue weighted by atomic mass is 32.2. The highest BCUT2D eigenvalue weighted by molar-refractivity contribution is 7.89. The minimum Gasteiger partial charge on any atom is -0.398 e. The summed E-state index contributed by atoms with van der Waals surface area (Å²) in [5.41, 5.74) is 8.86. The molecule has 0 amide bonds. The number of sulfonamides is 1. The molecule has 0 unspecified atom stereocenters. The third kappa shape index (κ3) is 3.07. The van der Waals surface area contributed by atoms with E-state index in [1.165, 1.54) is 18.4 Å². The van der Waals surface area contributed by atoms with E-state index in [-0.39, 0.29) is 12.2 Å². The lowest BCUT2D eigenvalue weighted by Crippen LogP contribution is -2.27. The zero-order valence-corrected chi connectivity index (χ0v) is 13.6. The summed E-state index contributed by atoms with van der Waals surface area (Å²) in [6.45, 7) is 3.57. The molecule has 114 valence electrons. The summed E-state index contributed by atoms with van der Waals surface area (Å²) in [7, 11) is -2.54. The van der Waals surface area contributed by atoms with Gasteiger partial charge in [-0.25, -0.2) is 17.8 Å². The Balaban J connectivity index is 2.38. The fourth-order valence-corrected chi connectivity index (χ4v) is 3.93. The lowest BCUT2D eigenvalue weighted by molar-refractivity contribution is 0.461. The number of thiazole rings is 1. The zero-order valence-electron chi connectivity index (χ0n) is 11.9. The molecule has 2 aromatic rings. The maximum Gasteiger partial charge on any atom is 0.246 e. The van der Waals surface area contributed by atoms with Gasteiger partial charge in [-0.1, -0.05) is 0 Å². The van der Waals surface area contributed by atoms with Crippen LogP contribution in [0.2, 0.25) is 0 Å². The Morgan fingerprint density at radius 2 is 2.05 bits per heavy atom. The van der Waals surface area contributed by atoms with Crippen LogP contribution in [0.3, 0.4) is 0 Å². The van der Waals surface area contributed by atoms with Crippen molar-refractivity contribution in [2.45, 2.75) is 25.3 Å². The molecule has 1 aromatic carbocycles. The first kappa shape index (κ1) is 15.9. The van der Waals surface area contributed by atoms with E-state index in [0.29, 0.717) is 5.56 Å². The van der Waals surface area contributed by atoms with Crippen LogP contribution in [0.4, 0.5) is 10.1 Å². The minimum absolute atomic E-state index is 0.145. The standard InChI is InChI=1S/C13H16FN3O2S2/c1-8-4-10(14)13(5-11(8)15)21(18,19)17(3)6-12-9(2)16-7-20-12/h4-5,7H,6,15H2,1-3H3. The number of nitrogens with two attached hydrogens (primary N) is 1. The number of hydrogen-bond donors (Lipinski definition) is 1. The number of hydrogen-bond acceptors (Lipinski definition) is 5. The van der Waals surface area contributed by atoms with E-state index in [2.05, 4.69) is 4.98 Å². The van der Waals surface area contributed by atoms with Crippen molar-refractivity contribution in [2.75, 3.05) is 12.8 Å². The molecule has 1 heterocycles. The van der Waals surface area contributed by atoms with Crippen LogP contribution in [-0.2, 0) is 16.6 Å². The summed E-state index contributed by atoms with van der Waals surface area (Å²) < 4.78 is 40.0. The fourth-order valence-electron chi connectivity index (χ4n) is 1.80. The second kappa shape index (κ2) is 5.70. The van der Waals surface area contributed by atoms with Crippen molar-refractivity contribution in [3.8, 4) is 0 Å². The third-order valence-corrected chi connectivity index (χ3v) is 5.96. The smallest absolute Gasteiger partial charge is 0.246 e. The zero-order chi connectivity index (χ0) is 15.8. The van der Waals surface area contributed by atoms with E-state index in [0.717, 1.165) is 27.0 Å². The molecule has 0 aliphatic carbocycles. The highest BCUT2D eigenvalue weighted by Crippen LogP contribution is 2.25. The maximum atomic E-state index is 14.0. The lowest BCUT2D eigenvalue weighted by Gasteiger charge is -2.18. The molecule has 2 rings (SSSR count). The molecule has 0 spiro atoms. The van der Waals surface area contributed by atoms with Crippen molar-refractivity contribution in [1.82, 2.24) is 9.29 Å². The Morgan fingerprint density at radius 1 is 1.38 bits per heavy atom. The number of rotatable bonds is 4. The molecule has 0 saturated heterocycles. The predicted molar refractivity (Wildman–Crippen MR) is 81.1 cm³/mol. The summed E-state index contributed by atoms with van der Waals surface area (Å²) >= 11 is 1.36. The van der Waals surface area contributed by atoms with E-state index >= 15 is 0 Å². The van der Waals surface area contributed by atoms with Gasteiger partial charge in [-0.05, 0) is 31.5 Å². The van der Waals surface area contributed by atoms with Crippen LogP contribution in [0, 0.1) is 19.7 Å². The Kier molecular flexibility index (Phi) is 4.31. The average Bonchev–Trinajstić information content (AvgIpc) is 2.79. The van der Waals surface area contributed by atoms with Gasteiger partial charge in [0.1, 0.15) is 10.7 Å². The number of halogens is 1. The van der Waals surface area contributed by atoms with Gasteiger partial charge >= 0.3 is 0 Å². The third-order valence-electron chi connectivity index (χ3n) is 3.22. The normalized spacial score (nSPS) is 12.0. The quantitative estimate of drug-likeness (QED) is 0.873. The number of nitrogens with zero attached hydrogens (tertiary/aromatic N) is 2. The molecule has 0 aliphatic rings. The van der Waals surface area contributed by atoms with Gasteiger partial charge in [0.15, 0.2) is 0 Å². The van der Waals surface area contributed by atoms with Gasteiger partial charge in [-0.15, -0.1) is 11.3 Å². The van der Waals surface area contributed by atoms with Gasteiger partial charge in [0.25, 0.3) is 0 Å². The maximum absolute atomic E-state index is 14.0. The summed E-state index contributed by atoms with van der Waals surface area (Å²) in [4.78, 5) is 4.48. The summed E-state index contributed by atoms with van der Waals surface area (Å²) in [6, 6.07) is 2.30. The second-order valence-corrected chi connectivity index (χ2v) is 7.71. The number of anilines is 1. The highest BCUT2D eigenvalue weighted by Gasteiger charge is 2.26. The Labute approximate surface area is 127 Å². The lowest BCUT2D eigenvalue weighted by atomic mass is 10.2. The molecule has 0 atom stereocenters. The molecule has 0 aliphatic heterocycles. The van der Waals surface area contributed by atoms with Gasteiger partial charge in [-0.2, -0.15) is 4.31 Å². The SMILES string of the molecule is Cc1cc(F)c(S(=O)(=O)N(C)Cc2scnc2C)cc1N. The molecule has 0 fully saturated rings. The van der Waals surface area contributed by atoms with E-state index in [9.17, 15) is 12.8 Å². The molecule has 0 bridgehead atoms. The van der Waals surface area contributed by atoms with Crippen molar-refractivity contribution in [2.24, 2.45) is 0 Å². The first-order chi connectivity index (χ1) is 9.73. The van der Waals surface area contributed by atoms with Gasteiger partial charge in [0, 0.05) is 24.2 Å². The topological polar surface area (TPSA) is 76.3 Å². The predicted octanol–water partition coefficient (Wildman–Crippen LogP) is 2.30. The molecular weight excluding hydrogens is 313 g/mol. The Bertz CT molecular complexity index is 772. The van der Waals surface area contributed by atoms with Gasteiger partial charge in [0.2, 0.25) is 10.0 Å². The second-order valence-electron chi connectivity index (χ2n) is 4.76. The molecule has 5 nitrogen and oxygen atoms in total. The van der Waals surface area contributed by atoms with E-state index < -0.39 is 20.7 Å². The molecule has 8 heteroatoms. The van der Waals surface area contributed by atoms with Crippen molar-refractivity contribution in [3.63, 3.8) is 0 Å².